The molecule has 0 fully saturated rings. The van der Waals surface area contributed by atoms with Crippen molar-refractivity contribution in [3.8, 4) is 0 Å². The van der Waals surface area contributed by atoms with E-state index in [1.807, 2.05) is 18.2 Å². The van der Waals surface area contributed by atoms with Crippen molar-refractivity contribution in [2.75, 3.05) is 11.4 Å². The third-order valence-electron chi connectivity index (χ3n) is 4.28. The smallest absolute Gasteiger partial charge is 0.311 e. The molecule has 1 amide bonds. The molecule has 0 aliphatic carbocycles. The Balaban J connectivity index is 1.53. The van der Waals surface area contributed by atoms with E-state index >= 15 is 0 Å². The van der Waals surface area contributed by atoms with E-state index < -0.39 is 0 Å². The fourth-order valence-electron chi connectivity index (χ4n) is 3.10. The lowest BCUT2D eigenvalue weighted by atomic mass is 10.1. The SMILES string of the molecule is O=C(CCn1nc2ccccn2c1=O)N1CCCc2ncccc21. The Bertz CT molecular complexity index is 959. The molecule has 0 spiro atoms. The molecule has 7 heteroatoms. The van der Waals surface area contributed by atoms with Crippen LogP contribution in [0.25, 0.3) is 5.65 Å². The number of pyridine rings is 2. The number of rotatable bonds is 3. The van der Waals surface area contributed by atoms with Crippen molar-refractivity contribution in [1.82, 2.24) is 19.2 Å². The molecular weight excluding hydrogens is 306 g/mol. The summed E-state index contributed by atoms with van der Waals surface area (Å²) in [6.07, 6.45) is 5.46. The van der Waals surface area contributed by atoms with Crippen LogP contribution in [0.4, 0.5) is 5.69 Å². The third kappa shape index (κ3) is 2.47. The molecule has 7 nitrogen and oxygen atoms in total. The molecule has 0 aromatic carbocycles. The van der Waals surface area contributed by atoms with Crippen molar-refractivity contribution in [2.24, 2.45) is 0 Å². The zero-order chi connectivity index (χ0) is 16.5. The predicted octanol–water partition coefficient (Wildman–Crippen LogP) is 1.26. The fourth-order valence-corrected chi connectivity index (χ4v) is 3.10. The largest absolute Gasteiger partial charge is 0.350 e. The number of carbonyl (C=O) groups excluding carboxylic acids is 1. The molecule has 0 saturated carbocycles. The first-order chi connectivity index (χ1) is 11.7. The highest BCUT2D eigenvalue weighted by Crippen LogP contribution is 2.25. The van der Waals surface area contributed by atoms with Crippen LogP contribution in [0.2, 0.25) is 0 Å². The Morgan fingerprint density at radius 2 is 2.12 bits per heavy atom. The molecule has 4 heterocycles. The quantitative estimate of drug-likeness (QED) is 0.727. The van der Waals surface area contributed by atoms with E-state index in [0.717, 1.165) is 24.2 Å². The molecule has 24 heavy (non-hydrogen) atoms. The second kappa shape index (κ2) is 5.92. The monoisotopic (exact) mass is 323 g/mol. The molecule has 4 rings (SSSR count). The minimum atomic E-state index is -0.223. The first-order valence-electron chi connectivity index (χ1n) is 8.02. The number of amides is 1. The third-order valence-corrected chi connectivity index (χ3v) is 4.28. The van der Waals surface area contributed by atoms with Crippen LogP contribution >= 0.6 is 0 Å². The summed E-state index contributed by atoms with van der Waals surface area (Å²) in [4.78, 5) is 31.0. The van der Waals surface area contributed by atoms with Crippen LogP contribution in [0.15, 0.2) is 47.5 Å². The molecule has 0 bridgehead atoms. The van der Waals surface area contributed by atoms with Crippen molar-refractivity contribution in [3.05, 3.63) is 58.9 Å². The van der Waals surface area contributed by atoms with Crippen LogP contribution in [0, 0.1) is 0 Å². The number of anilines is 1. The van der Waals surface area contributed by atoms with Gasteiger partial charge in [0.1, 0.15) is 0 Å². The Labute approximate surface area is 138 Å². The minimum absolute atomic E-state index is 0.00657. The van der Waals surface area contributed by atoms with E-state index in [1.54, 1.807) is 29.4 Å². The molecule has 0 radical (unpaired) electrons. The average Bonchev–Trinajstić information content (AvgIpc) is 2.95. The van der Waals surface area contributed by atoms with E-state index in [-0.39, 0.29) is 24.6 Å². The fraction of sp³-hybridized carbons (Fsp3) is 0.294. The molecule has 0 atom stereocenters. The predicted molar refractivity (Wildman–Crippen MR) is 89.0 cm³/mol. The van der Waals surface area contributed by atoms with Gasteiger partial charge in [-0.15, -0.1) is 5.10 Å². The standard InChI is InChI=1S/C17H17N5O2/c23-16(20-11-4-5-13-14(20)6-3-9-18-13)8-12-22-17(24)21-10-2-1-7-15(21)19-22/h1-3,6-7,9-10H,4-5,8,11-12H2. The number of aromatic nitrogens is 4. The van der Waals surface area contributed by atoms with Crippen LogP contribution in [0.1, 0.15) is 18.5 Å². The molecule has 1 aliphatic heterocycles. The Morgan fingerprint density at radius 1 is 1.21 bits per heavy atom. The molecule has 1 aliphatic rings. The lowest BCUT2D eigenvalue weighted by Crippen LogP contribution is -2.36. The lowest BCUT2D eigenvalue weighted by Gasteiger charge is -2.28. The van der Waals surface area contributed by atoms with Crippen LogP contribution < -0.4 is 10.6 Å². The van der Waals surface area contributed by atoms with Crippen LogP contribution in [0.3, 0.4) is 0 Å². The summed E-state index contributed by atoms with van der Waals surface area (Å²) < 4.78 is 2.83. The maximum atomic E-state index is 12.6. The van der Waals surface area contributed by atoms with Crippen LogP contribution in [0.5, 0.6) is 0 Å². The molecule has 3 aromatic rings. The Kier molecular flexibility index (Phi) is 3.60. The summed E-state index contributed by atoms with van der Waals surface area (Å²) in [5.74, 6) is -0.00657. The molecule has 122 valence electrons. The van der Waals surface area contributed by atoms with Crippen LogP contribution in [-0.2, 0) is 17.8 Å². The zero-order valence-electron chi connectivity index (χ0n) is 13.1. The summed E-state index contributed by atoms with van der Waals surface area (Å²) in [7, 11) is 0. The summed E-state index contributed by atoms with van der Waals surface area (Å²) in [6, 6.07) is 9.15. The van der Waals surface area contributed by atoms with Gasteiger partial charge in [-0.05, 0) is 37.1 Å². The van der Waals surface area contributed by atoms with E-state index in [9.17, 15) is 9.59 Å². The number of nitrogens with zero attached hydrogens (tertiary/aromatic N) is 5. The maximum Gasteiger partial charge on any atom is 0.350 e. The second-order valence-corrected chi connectivity index (χ2v) is 5.80. The molecule has 0 unspecified atom stereocenters. The molecule has 3 aromatic heterocycles. The van der Waals surface area contributed by atoms with E-state index in [1.165, 1.54) is 9.08 Å². The highest BCUT2D eigenvalue weighted by atomic mass is 16.2. The van der Waals surface area contributed by atoms with Gasteiger partial charge in [0.15, 0.2) is 5.65 Å². The van der Waals surface area contributed by atoms with E-state index in [0.29, 0.717) is 12.2 Å². The topological polar surface area (TPSA) is 72.5 Å². The number of carbonyl (C=O) groups is 1. The van der Waals surface area contributed by atoms with Gasteiger partial charge in [0.2, 0.25) is 5.91 Å². The average molecular weight is 323 g/mol. The number of fused-ring (bicyclic) bond motifs is 2. The Morgan fingerprint density at radius 3 is 3.00 bits per heavy atom. The first-order valence-corrected chi connectivity index (χ1v) is 8.02. The number of hydrogen-bond acceptors (Lipinski definition) is 4. The van der Waals surface area contributed by atoms with Crippen molar-refractivity contribution < 1.29 is 4.79 Å². The van der Waals surface area contributed by atoms with E-state index in [2.05, 4.69) is 10.1 Å². The summed E-state index contributed by atoms with van der Waals surface area (Å²) in [5, 5.41) is 4.26. The lowest BCUT2D eigenvalue weighted by molar-refractivity contribution is -0.119. The van der Waals surface area contributed by atoms with Crippen molar-refractivity contribution in [1.29, 1.82) is 0 Å². The van der Waals surface area contributed by atoms with Crippen molar-refractivity contribution >= 4 is 17.2 Å². The summed E-state index contributed by atoms with van der Waals surface area (Å²) in [5.41, 5.74) is 2.21. The normalized spacial score (nSPS) is 13.9. The van der Waals surface area contributed by atoms with E-state index in [4.69, 9.17) is 0 Å². The van der Waals surface area contributed by atoms with Gasteiger partial charge in [0.25, 0.3) is 0 Å². The van der Waals surface area contributed by atoms with Crippen molar-refractivity contribution in [3.63, 3.8) is 0 Å². The number of aryl methyl sites for hydroxylation is 2. The molecular formula is C17H17N5O2. The van der Waals surface area contributed by atoms with Crippen LogP contribution in [-0.4, -0.2) is 31.6 Å². The highest BCUT2D eigenvalue weighted by molar-refractivity contribution is 5.94. The zero-order valence-corrected chi connectivity index (χ0v) is 13.1. The van der Waals surface area contributed by atoms with Gasteiger partial charge in [-0.1, -0.05) is 6.07 Å². The van der Waals surface area contributed by atoms with Crippen molar-refractivity contribution in [2.45, 2.75) is 25.8 Å². The van der Waals surface area contributed by atoms with Gasteiger partial charge in [-0.3, -0.25) is 14.2 Å². The van der Waals surface area contributed by atoms with Gasteiger partial charge in [0.05, 0.1) is 17.9 Å². The van der Waals surface area contributed by atoms with Gasteiger partial charge in [-0.25, -0.2) is 9.48 Å². The number of hydrogen-bond donors (Lipinski definition) is 0. The second-order valence-electron chi connectivity index (χ2n) is 5.80. The highest BCUT2D eigenvalue weighted by Gasteiger charge is 2.23. The Hall–Kier alpha value is -2.96. The van der Waals surface area contributed by atoms with Gasteiger partial charge in [-0.2, -0.15) is 0 Å². The van der Waals surface area contributed by atoms with Gasteiger partial charge < -0.3 is 4.90 Å². The van der Waals surface area contributed by atoms with Gasteiger partial charge in [0, 0.05) is 25.4 Å². The first kappa shape index (κ1) is 14.6. The molecule has 0 N–H and O–H groups in total. The molecule has 0 saturated heterocycles. The van der Waals surface area contributed by atoms with Gasteiger partial charge >= 0.3 is 5.69 Å². The maximum absolute atomic E-state index is 12.6. The minimum Gasteiger partial charge on any atom is -0.311 e. The summed E-state index contributed by atoms with van der Waals surface area (Å²) >= 11 is 0. The summed E-state index contributed by atoms with van der Waals surface area (Å²) in [6.45, 7) is 0.961.